The van der Waals surface area contributed by atoms with Crippen molar-refractivity contribution in [2.45, 2.75) is 17.9 Å². The highest BCUT2D eigenvalue weighted by atomic mass is 35.5. The molecule has 0 fully saturated rings. The van der Waals surface area contributed by atoms with Crippen LogP contribution < -0.4 is 0 Å². The molecule has 0 aliphatic carbocycles. The average molecular weight is 308 g/mol. The largest absolute Gasteiger partial charge is 0.392 e. The normalized spacial score (nSPS) is 12.3. The number of carbonyl (C=O) groups excluding carboxylic acids is 1. The molecule has 1 atom stereocenters. The number of benzene rings is 1. The summed E-state index contributed by atoms with van der Waals surface area (Å²) in [5, 5.41) is 10.4. The number of carbonyl (C=O) groups is 1. The van der Waals surface area contributed by atoms with Gasteiger partial charge in [-0.3, -0.25) is 4.79 Å². The third-order valence-electron chi connectivity index (χ3n) is 2.21. The summed E-state index contributed by atoms with van der Waals surface area (Å²) >= 11 is 13.2. The van der Waals surface area contributed by atoms with Gasteiger partial charge in [-0.05, 0) is 25.1 Å². The Kier molecular flexibility index (Phi) is 6.29. The Morgan fingerprint density at radius 3 is 2.78 bits per heavy atom. The van der Waals surface area contributed by atoms with Gasteiger partial charge in [0, 0.05) is 23.5 Å². The summed E-state index contributed by atoms with van der Waals surface area (Å²) in [5.74, 6) is 0.209. The first-order chi connectivity index (χ1) is 8.40. The maximum atomic E-state index is 11.8. The number of hydrogen-bond donors (Lipinski definition) is 1. The van der Waals surface area contributed by atoms with Crippen molar-refractivity contribution >= 4 is 40.9 Å². The molecule has 0 spiro atoms. The fourth-order valence-electron chi connectivity index (χ4n) is 1.34. The molecule has 1 unspecified atom stereocenters. The highest BCUT2D eigenvalue weighted by molar-refractivity contribution is 8.00. The van der Waals surface area contributed by atoms with Gasteiger partial charge >= 0.3 is 0 Å². The predicted octanol–water partition coefficient (Wildman–Crippen LogP) is 2.92. The maximum Gasteiger partial charge on any atom is 0.232 e. The van der Waals surface area contributed by atoms with E-state index in [0.717, 1.165) is 4.90 Å². The van der Waals surface area contributed by atoms with E-state index in [4.69, 9.17) is 23.2 Å². The second kappa shape index (κ2) is 7.24. The van der Waals surface area contributed by atoms with E-state index in [-0.39, 0.29) is 11.7 Å². The van der Waals surface area contributed by atoms with Crippen LogP contribution in [-0.4, -0.2) is 41.4 Å². The molecule has 1 amide bonds. The molecule has 0 saturated heterocycles. The number of likely N-dealkylation sites (N-methyl/N-ethyl adjacent to an activating group) is 1. The van der Waals surface area contributed by atoms with Gasteiger partial charge in [0.1, 0.15) is 0 Å². The Morgan fingerprint density at radius 2 is 2.17 bits per heavy atom. The Labute approximate surface area is 121 Å². The summed E-state index contributed by atoms with van der Waals surface area (Å²) in [6, 6.07) is 5.14. The fourth-order valence-corrected chi connectivity index (χ4v) is 2.77. The minimum Gasteiger partial charge on any atom is -0.392 e. The first kappa shape index (κ1) is 15.6. The maximum absolute atomic E-state index is 11.8. The Balaban J connectivity index is 2.54. The molecule has 6 heteroatoms. The van der Waals surface area contributed by atoms with Crippen molar-refractivity contribution in [3.8, 4) is 0 Å². The number of aliphatic hydroxyl groups is 1. The average Bonchev–Trinajstić information content (AvgIpc) is 2.29. The molecule has 18 heavy (non-hydrogen) atoms. The number of aliphatic hydroxyl groups excluding tert-OH is 1. The molecule has 0 bridgehead atoms. The van der Waals surface area contributed by atoms with E-state index in [1.165, 1.54) is 16.7 Å². The second-order valence-electron chi connectivity index (χ2n) is 3.99. The van der Waals surface area contributed by atoms with Crippen LogP contribution in [0.1, 0.15) is 6.92 Å². The molecule has 0 saturated carbocycles. The van der Waals surface area contributed by atoms with Gasteiger partial charge in [0.2, 0.25) is 5.91 Å². The van der Waals surface area contributed by atoms with Crippen molar-refractivity contribution in [2.24, 2.45) is 0 Å². The smallest absolute Gasteiger partial charge is 0.232 e. The molecule has 0 aliphatic heterocycles. The van der Waals surface area contributed by atoms with Gasteiger partial charge in [0.05, 0.1) is 16.9 Å². The molecule has 0 radical (unpaired) electrons. The van der Waals surface area contributed by atoms with Crippen LogP contribution in [0.2, 0.25) is 10.0 Å². The molecule has 0 heterocycles. The van der Waals surface area contributed by atoms with Gasteiger partial charge in [-0.15, -0.1) is 11.8 Å². The predicted molar refractivity (Wildman–Crippen MR) is 76.5 cm³/mol. The first-order valence-corrected chi connectivity index (χ1v) is 7.14. The Hall–Kier alpha value is -0.420. The third kappa shape index (κ3) is 5.06. The molecular weight excluding hydrogens is 293 g/mol. The highest BCUT2D eigenvalue weighted by Gasteiger charge is 2.12. The van der Waals surface area contributed by atoms with Crippen LogP contribution in [0.3, 0.4) is 0 Å². The van der Waals surface area contributed by atoms with Crippen LogP contribution in [0.25, 0.3) is 0 Å². The van der Waals surface area contributed by atoms with Crippen molar-refractivity contribution in [1.82, 2.24) is 4.90 Å². The van der Waals surface area contributed by atoms with Crippen LogP contribution in [0.15, 0.2) is 23.1 Å². The highest BCUT2D eigenvalue weighted by Crippen LogP contribution is 2.29. The Bertz CT molecular complexity index is 427. The zero-order chi connectivity index (χ0) is 13.7. The van der Waals surface area contributed by atoms with Gasteiger partial charge < -0.3 is 10.0 Å². The molecule has 0 aliphatic rings. The third-order valence-corrected chi connectivity index (χ3v) is 3.93. The van der Waals surface area contributed by atoms with Gasteiger partial charge in [-0.25, -0.2) is 0 Å². The lowest BCUT2D eigenvalue weighted by molar-refractivity contribution is -0.128. The lowest BCUT2D eigenvalue weighted by Crippen LogP contribution is -2.34. The molecule has 1 aromatic rings. The molecule has 1 rings (SSSR count). The van der Waals surface area contributed by atoms with Crippen molar-refractivity contribution in [3.05, 3.63) is 28.2 Å². The summed E-state index contributed by atoms with van der Waals surface area (Å²) < 4.78 is 0. The topological polar surface area (TPSA) is 40.5 Å². The number of amides is 1. The number of rotatable bonds is 5. The number of hydrogen-bond acceptors (Lipinski definition) is 3. The molecule has 0 aromatic heterocycles. The molecular formula is C12H15Cl2NO2S. The summed E-state index contributed by atoms with van der Waals surface area (Å²) in [7, 11) is 1.66. The van der Waals surface area contributed by atoms with Crippen molar-refractivity contribution < 1.29 is 9.90 Å². The lowest BCUT2D eigenvalue weighted by atomic mass is 10.4. The molecule has 1 N–H and O–H groups in total. The quantitative estimate of drug-likeness (QED) is 0.850. The van der Waals surface area contributed by atoms with E-state index in [2.05, 4.69) is 0 Å². The van der Waals surface area contributed by atoms with Gasteiger partial charge in [-0.1, -0.05) is 23.2 Å². The van der Waals surface area contributed by atoms with Gasteiger partial charge in [0.15, 0.2) is 0 Å². The summed E-state index contributed by atoms with van der Waals surface area (Å²) in [6.45, 7) is 1.97. The number of halogens is 2. The molecule has 3 nitrogen and oxygen atoms in total. The van der Waals surface area contributed by atoms with Gasteiger partial charge in [-0.2, -0.15) is 0 Å². The van der Waals surface area contributed by atoms with E-state index in [1.807, 2.05) is 0 Å². The molecule has 100 valence electrons. The minimum absolute atomic E-state index is 0.0584. The SMILES string of the molecule is CC(O)CN(C)C(=O)CSc1cc(Cl)ccc1Cl. The van der Waals surface area contributed by atoms with Crippen LogP contribution >= 0.6 is 35.0 Å². The van der Waals surface area contributed by atoms with E-state index < -0.39 is 6.10 Å². The lowest BCUT2D eigenvalue weighted by Gasteiger charge is -2.18. The van der Waals surface area contributed by atoms with Crippen LogP contribution in [0.4, 0.5) is 0 Å². The molecule has 1 aromatic carbocycles. The summed E-state index contributed by atoms with van der Waals surface area (Å²) in [5.41, 5.74) is 0. The van der Waals surface area contributed by atoms with E-state index in [0.29, 0.717) is 16.6 Å². The monoisotopic (exact) mass is 307 g/mol. The Morgan fingerprint density at radius 1 is 1.50 bits per heavy atom. The first-order valence-electron chi connectivity index (χ1n) is 5.40. The summed E-state index contributed by atoms with van der Waals surface area (Å²) in [4.78, 5) is 14.0. The zero-order valence-corrected chi connectivity index (χ0v) is 12.5. The van der Waals surface area contributed by atoms with E-state index in [1.54, 1.807) is 32.2 Å². The zero-order valence-electron chi connectivity index (χ0n) is 10.2. The van der Waals surface area contributed by atoms with Crippen LogP contribution in [0.5, 0.6) is 0 Å². The van der Waals surface area contributed by atoms with Gasteiger partial charge in [0.25, 0.3) is 0 Å². The van der Waals surface area contributed by atoms with Crippen molar-refractivity contribution in [3.63, 3.8) is 0 Å². The van der Waals surface area contributed by atoms with Crippen molar-refractivity contribution in [1.29, 1.82) is 0 Å². The van der Waals surface area contributed by atoms with Crippen LogP contribution in [0, 0.1) is 0 Å². The fraction of sp³-hybridized carbons (Fsp3) is 0.417. The van der Waals surface area contributed by atoms with E-state index >= 15 is 0 Å². The van der Waals surface area contributed by atoms with Crippen LogP contribution in [-0.2, 0) is 4.79 Å². The number of thioether (sulfide) groups is 1. The second-order valence-corrected chi connectivity index (χ2v) is 5.85. The standard InChI is InChI=1S/C12H15Cl2NO2S/c1-8(16)6-15(2)12(17)7-18-11-5-9(13)3-4-10(11)14/h3-5,8,16H,6-7H2,1-2H3. The van der Waals surface area contributed by atoms with Crippen molar-refractivity contribution in [2.75, 3.05) is 19.3 Å². The van der Waals surface area contributed by atoms with E-state index in [9.17, 15) is 9.90 Å². The number of nitrogens with zero attached hydrogens (tertiary/aromatic N) is 1. The summed E-state index contributed by atoms with van der Waals surface area (Å²) in [6.07, 6.45) is -0.529. The minimum atomic E-state index is -0.529.